The van der Waals surface area contributed by atoms with Crippen molar-refractivity contribution >= 4 is 16.7 Å². The highest BCUT2D eigenvalue weighted by Crippen LogP contribution is 2.43. The molecular formula is C18H19NO2. The van der Waals surface area contributed by atoms with E-state index in [0.29, 0.717) is 6.04 Å². The number of carbonyl (C=O) groups is 1. The van der Waals surface area contributed by atoms with Gasteiger partial charge in [0.2, 0.25) is 0 Å². The van der Waals surface area contributed by atoms with Crippen molar-refractivity contribution in [3.63, 3.8) is 0 Å². The Kier molecular flexibility index (Phi) is 2.96. The van der Waals surface area contributed by atoms with Gasteiger partial charge in [-0.2, -0.15) is 0 Å². The Morgan fingerprint density at radius 3 is 2.76 bits per heavy atom. The van der Waals surface area contributed by atoms with E-state index in [9.17, 15) is 9.90 Å². The van der Waals surface area contributed by atoms with Crippen molar-refractivity contribution in [2.75, 3.05) is 0 Å². The lowest BCUT2D eigenvalue weighted by Gasteiger charge is -2.23. The number of carboxylic acids is 1. The summed E-state index contributed by atoms with van der Waals surface area (Å²) in [6.45, 7) is 0.875. The third-order valence-electron chi connectivity index (χ3n) is 5.23. The maximum atomic E-state index is 11.4. The molecule has 108 valence electrons. The van der Waals surface area contributed by atoms with E-state index >= 15 is 0 Å². The number of benzene rings is 2. The second-order valence-electron chi connectivity index (χ2n) is 6.29. The van der Waals surface area contributed by atoms with Gasteiger partial charge < -0.3 is 5.11 Å². The van der Waals surface area contributed by atoms with Gasteiger partial charge in [0.25, 0.3) is 0 Å². The third kappa shape index (κ3) is 2.04. The largest absolute Gasteiger partial charge is 0.481 e. The van der Waals surface area contributed by atoms with Gasteiger partial charge in [-0.3, -0.25) is 9.69 Å². The van der Waals surface area contributed by atoms with E-state index in [-0.39, 0.29) is 12.0 Å². The number of aliphatic carboxylic acids is 1. The van der Waals surface area contributed by atoms with E-state index in [0.717, 1.165) is 25.8 Å². The van der Waals surface area contributed by atoms with Gasteiger partial charge in [0.05, 0.1) is 5.92 Å². The SMILES string of the molecule is O=C(O)C1CC2CCC1N2Cc1cccc2ccccc12. The summed E-state index contributed by atoms with van der Waals surface area (Å²) in [7, 11) is 0. The fraction of sp³-hybridized carbons (Fsp3) is 0.389. The van der Waals surface area contributed by atoms with Crippen LogP contribution in [-0.4, -0.2) is 28.1 Å². The van der Waals surface area contributed by atoms with Crippen LogP contribution in [0, 0.1) is 5.92 Å². The summed E-state index contributed by atoms with van der Waals surface area (Å²) in [5, 5.41) is 11.9. The fourth-order valence-electron chi connectivity index (χ4n) is 4.24. The molecule has 0 aromatic heterocycles. The minimum Gasteiger partial charge on any atom is -0.481 e. The molecule has 2 saturated heterocycles. The Hall–Kier alpha value is -1.87. The van der Waals surface area contributed by atoms with E-state index in [1.54, 1.807) is 0 Å². The molecule has 3 heteroatoms. The molecule has 3 atom stereocenters. The number of nitrogens with zero attached hydrogens (tertiary/aromatic N) is 1. The van der Waals surface area contributed by atoms with Crippen molar-refractivity contribution < 1.29 is 9.90 Å². The van der Waals surface area contributed by atoms with E-state index in [2.05, 4.69) is 47.4 Å². The Bertz CT molecular complexity index is 691. The Morgan fingerprint density at radius 1 is 1.14 bits per heavy atom. The zero-order valence-electron chi connectivity index (χ0n) is 11.9. The fourth-order valence-corrected chi connectivity index (χ4v) is 4.24. The molecule has 2 fully saturated rings. The van der Waals surface area contributed by atoms with Crippen LogP contribution in [0.15, 0.2) is 42.5 Å². The second kappa shape index (κ2) is 4.85. The van der Waals surface area contributed by atoms with Gasteiger partial charge in [0.15, 0.2) is 0 Å². The lowest BCUT2D eigenvalue weighted by molar-refractivity contribution is -0.142. The van der Waals surface area contributed by atoms with Crippen LogP contribution in [0.3, 0.4) is 0 Å². The van der Waals surface area contributed by atoms with Gasteiger partial charge in [0.1, 0.15) is 0 Å². The maximum Gasteiger partial charge on any atom is 0.308 e. The molecule has 2 heterocycles. The Balaban J connectivity index is 1.65. The van der Waals surface area contributed by atoms with Crippen LogP contribution < -0.4 is 0 Å². The smallest absolute Gasteiger partial charge is 0.308 e. The molecule has 0 radical (unpaired) electrons. The van der Waals surface area contributed by atoms with Crippen LogP contribution in [0.2, 0.25) is 0 Å². The highest BCUT2D eigenvalue weighted by atomic mass is 16.4. The number of hydrogen-bond acceptors (Lipinski definition) is 2. The monoisotopic (exact) mass is 281 g/mol. The summed E-state index contributed by atoms with van der Waals surface area (Å²) >= 11 is 0. The van der Waals surface area contributed by atoms with Gasteiger partial charge in [-0.1, -0.05) is 42.5 Å². The molecule has 2 aromatic rings. The summed E-state index contributed by atoms with van der Waals surface area (Å²) in [5.74, 6) is -0.788. The molecule has 4 rings (SSSR count). The van der Waals surface area contributed by atoms with Crippen molar-refractivity contribution in [3.8, 4) is 0 Å². The van der Waals surface area contributed by atoms with Gasteiger partial charge in [-0.05, 0) is 35.6 Å². The first kappa shape index (κ1) is 12.8. The average Bonchev–Trinajstić information content (AvgIpc) is 3.05. The van der Waals surface area contributed by atoms with Crippen molar-refractivity contribution in [3.05, 3.63) is 48.0 Å². The van der Waals surface area contributed by atoms with Crippen LogP contribution in [-0.2, 0) is 11.3 Å². The van der Waals surface area contributed by atoms with Crippen molar-refractivity contribution in [1.82, 2.24) is 4.90 Å². The van der Waals surface area contributed by atoms with Crippen molar-refractivity contribution in [1.29, 1.82) is 0 Å². The number of fused-ring (bicyclic) bond motifs is 3. The molecule has 0 saturated carbocycles. The van der Waals surface area contributed by atoms with Crippen molar-refractivity contribution in [2.24, 2.45) is 5.92 Å². The lowest BCUT2D eigenvalue weighted by Crippen LogP contribution is -2.32. The van der Waals surface area contributed by atoms with Crippen LogP contribution in [0.25, 0.3) is 10.8 Å². The molecule has 2 aromatic carbocycles. The molecule has 3 unspecified atom stereocenters. The zero-order valence-corrected chi connectivity index (χ0v) is 11.9. The molecule has 2 aliphatic heterocycles. The van der Waals surface area contributed by atoms with Crippen LogP contribution in [0.5, 0.6) is 0 Å². The molecule has 1 N–H and O–H groups in total. The van der Waals surface area contributed by atoms with Crippen LogP contribution in [0.1, 0.15) is 24.8 Å². The first-order valence-corrected chi connectivity index (χ1v) is 7.69. The number of carboxylic acid groups (broad SMARTS) is 1. The van der Waals surface area contributed by atoms with E-state index in [4.69, 9.17) is 0 Å². The lowest BCUT2D eigenvalue weighted by atomic mass is 9.89. The van der Waals surface area contributed by atoms with Crippen molar-refractivity contribution in [2.45, 2.75) is 37.9 Å². The van der Waals surface area contributed by atoms with E-state index < -0.39 is 5.97 Å². The Morgan fingerprint density at radius 2 is 1.95 bits per heavy atom. The van der Waals surface area contributed by atoms with Crippen LogP contribution in [0.4, 0.5) is 0 Å². The molecule has 2 aliphatic rings. The minimum atomic E-state index is -0.620. The quantitative estimate of drug-likeness (QED) is 0.938. The highest BCUT2D eigenvalue weighted by Gasteiger charge is 2.48. The molecule has 0 amide bonds. The highest BCUT2D eigenvalue weighted by molar-refractivity contribution is 5.85. The van der Waals surface area contributed by atoms with E-state index in [1.807, 2.05) is 0 Å². The summed E-state index contributed by atoms with van der Waals surface area (Å²) in [4.78, 5) is 13.8. The second-order valence-corrected chi connectivity index (χ2v) is 6.29. The summed E-state index contributed by atoms with van der Waals surface area (Å²) in [6, 6.07) is 15.5. The topological polar surface area (TPSA) is 40.5 Å². The molecule has 3 nitrogen and oxygen atoms in total. The molecule has 0 spiro atoms. The molecule has 21 heavy (non-hydrogen) atoms. The summed E-state index contributed by atoms with van der Waals surface area (Å²) in [5.41, 5.74) is 1.32. The molecule has 0 aliphatic carbocycles. The first-order valence-electron chi connectivity index (χ1n) is 7.69. The number of rotatable bonds is 3. The Labute approximate surface area is 124 Å². The van der Waals surface area contributed by atoms with Gasteiger partial charge in [-0.25, -0.2) is 0 Å². The first-order chi connectivity index (χ1) is 10.2. The van der Waals surface area contributed by atoms with Gasteiger partial charge in [0, 0.05) is 18.6 Å². The molecular weight excluding hydrogens is 262 g/mol. The zero-order chi connectivity index (χ0) is 14.4. The van der Waals surface area contributed by atoms with Gasteiger partial charge in [-0.15, -0.1) is 0 Å². The normalized spacial score (nSPS) is 28.3. The predicted molar refractivity (Wildman–Crippen MR) is 82.0 cm³/mol. The predicted octanol–water partition coefficient (Wildman–Crippen LogP) is 3.28. The summed E-state index contributed by atoms with van der Waals surface area (Å²) < 4.78 is 0. The van der Waals surface area contributed by atoms with Crippen LogP contribution >= 0.6 is 0 Å². The number of hydrogen-bond donors (Lipinski definition) is 1. The minimum absolute atomic E-state index is 0.168. The van der Waals surface area contributed by atoms with E-state index in [1.165, 1.54) is 16.3 Å². The third-order valence-corrected chi connectivity index (χ3v) is 5.23. The standard InChI is InChI=1S/C18H19NO2/c20-18(21)16-10-14-8-9-17(16)19(14)11-13-6-3-5-12-4-1-2-7-15(12)13/h1-7,14,16-17H,8-11H2,(H,20,21). The summed E-state index contributed by atoms with van der Waals surface area (Å²) in [6.07, 6.45) is 3.01. The maximum absolute atomic E-state index is 11.4. The average molecular weight is 281 g/mol. The van der Waals surface area contributed by atoms with Gasteiger partial charge >= 0.3 is 5.97 Å². The molecule has 2 bridgehead atoms.